The first-order chi connectivity index (χ1) is 17.1. The van der Waals surface area contributed by atoms with Crippen molar-refractivity contribution in [2.45, 2.75) is 39.1 Å². The molecule has 196 valence electrons. The van der Waals surface area contributed by atoms with E-state index in [2.05, 4.69) is 4.99 Å². The molecule has 0 aliphatic heterocycles. The van der Waals surface area contributed by atoms with E-state index < -0.39 is 15.9 Å². The zero-order chi connectivity index (χ0) is 26.5. The van der Waals surface area contributed by atoms with Gasteiger partial charge < -0.3 is 14.0 Å². The predicted molar refractivity (Wildman–Crippen MR) is 143 cm³/mol. The molecule has 0 spiro atoms. The second-order valence-corrected chi connectivity index (χ2v) is 12.3. The molecular formula is C26H35N3O5S2. The fourth-order valence-electron chi connectivity index (χ4n) is 3.89. The average Bonchev–Trinajstić information content (AvgIpc) is 3.18. The normalized spacial score (nSPS) is 12.9. The van der Waals surface area contributed by atoms with Gasteiger partial charge in [-0.25, -0.2) is 8.42 Å². The summed E-state index contributed by atoms with van der Waals surface area (Å²) < 4.78 is 41.7. The second-order valence-electron chi connectivity index (χ2n) is 9.39. The van der Waals surface area contributed by atoms with Crippen LogP contribution in [0.3, 0.4) is 0 Å². The Balaban J connectivity index is 1.97. The van der Waals surface area contributed by atoms with Crippen molar-refractivity contribution in [3.05, 3.63) is 52.8 Å². The monoisotopic (exact) mass is 533 g/mol. The number of carbonyl (C=O) groups is 1. The molecule has 0 aliphatic rings. The van der Waals surface area contributed by atoms with E-state index in [0.717, 1.165) is 10.2 Å². The van der Waals surface area contributed by atoms with E-state index in [9.17, 15) is 13.2 Å². The van der Waals surface area contributed by atoms with E-state index in [1.54, 1.807) is 14.2 Å². The average molecular weight is 534 g/mol. The SMILES string of the molecule is COCCn1c(=NC(=O)c2ccc(S(=O)(=O)N(CC(C)C)CC(C)C)cc2)sc2cccc(OC)c21. The van der Waals surface area contributed by atoms with Gasteiger partial charge in [-0.2, -0.15) is 9.30 Å². The molecule has 8 nitrogen and oxygen atoms in total. The molecule has 36 heavy (non-hydrogen) atoms. The van der Waals surface area contributed by atoms with Crippen molar-refractivity contribution in [2.75, 3.05) is 33.9 Å². The minimum Gasteiger partial charge on any atom is -0.495 e. The van der Waals surface area contributed by atoms with Crippen molar-refractivity contribution in [1.29, 1.82) is 0 Å². The van der Waals surface area contributed by atoms with Crippen LogP contribution in [0.15, 0.2) is 52.4 Å². The third-order valence-electron chi connectivity index (χ3n) is 5.48. The second kappa shape index (κ2) is 12.1. The van der Waals surface area contributed by atoms with Gasteiger partial charge in [-0.15, -0.1) is 0 Å². The van der Waals surface area contributed by atoms with Gasteiger partial charge in [0.25, 0.3) is 5.91 Å². The summed E-state index contributed by atoms with van der Waals surface area (Å²) in [4.78, 5) is 18.1. The predicted octanol–water partition coefficient (Wildman–Crippen LogP) is 4.40. The van der Waals surface area contributed by atoms with Crippen LogP contribution >= 0.6 is 11.3 Å². The van der Waals surface area contributed by atoms with Crippen LogP contribution in [-0.2, 0) is 21.3 Å². The standard InChI is InChI=1S/C26H35N3O5S2/c1-18(2)16-28(17-19(3)4)36(31,32)21-12-10-20(11-13-21)25(30)27-26-29(14-15-33-5)24-22(34-6)8-7-9-23(24)35-26/h7-13,18-19H,14-17H2,1-6H3. The van der Waals surface area contributed by atoms with Crippen molar-refractivity contribution < 1.29 is 22.7 Å². The molecule has 1 heterocycles. The highest BCUT2D eigenvalue weighted by Crippen LogP contribution is 2.27. The number of methoxy groups -OCH3 is 2. The van der Waals surface area contributed by atoms with Gasteiger partial charge in [0, 0.05) is 32.3 Å². The van der Waals surface area contributed by atoms with Crippen LogP contribution in [0.1, 0.15) is 38.1 Å². The molecule has 0 saturated heterocycles. The Morgan fingerprint density at radius 1 is 1.03 bits per heavy atom. The lowest BCUT2D eigenvalue weighted by molar-refractivity contribution is 0.0997. The summed E-state index contributed by atoms with van der Waals surface area (Å²) in [6, 6.07) is 11.7. The minimum atomic E-state index is -3.67. The lowest BCUT2D eigenvalue weighted by Crippen LogP contribution is -2.37. The van der Waals surface area contributed by atoms with Crippen molar-refractivity contribution in [3.63, 3.8) is 0 Å². The number of ether oxygens (including phenoxy) is 2. The summed E-state index contributed by atoms with van der Waals surface area (Å²) in [5.74, 6) is 0.637. The summed E-state index contributed by atoms with van der Waals surface area (Å²) in [5.41, 5.74) is 1.17. The summed E-state index contributed by atoms with van der Waals surface area (Å²) in [6.45, 7) is 9.80. The van der Waals surface area contributed by atoms with Crippen LogP contribution in [0.4, 0.5) is 0 Å². The van der Waals surface area contributed by atoms with Gasteiger partial charge in [0.15, 0.2) is 4.80 Å². The molecule has 0 N–H and O–H groups in total. The maximum absolute atomic E-state index is 13.3. The Kier molecular flexibility index (Phi) is 9.46. The van der Waals surface area contributed by atoms with Crippen LogP contribution in [-0.4, -0.2) is 57.1 Å². The van der Waals surface area contributed by atoms with E-state index in [4.69, 9.17) is 9.47 Å². The molecule has 1 aromatic heterocycles. The van der Waals surface area contributed by atoms with Gasteiger partial charge in [0.1, 0.15) is 11.3 Å². The van der Waals surface area contributed by atoms with Crippen LogP contribution in [0.25, 0.3) is 10.2 Å². The number of hydrogen-bond donors (Lipinski definition) is 0. The first-order valence-electron chi connectivity index (χ1n) is 11.9. The number of carbonyl (C=O) groups excluding carboxylic acids is 1. The van der Waals surface area contributed by atoms with Crippen molar-refractivity contribution in [2.24, 2.45) is 16.8 Å². The minimum absolute atomic E-state index is 0.169. The van der Waals surface area contributed by atoms with E-state index in [1.807, 2.05) is 50.5 Å². The molecule has 0 unspecified atom stereocenters. The van der Waals surface area contributed by atoms with Gasteiger partial charge in [-0.3, -0.25) is 4.79 Å². The summed E-state index contributed by atoms with van der Waals surface area (Å²) in [6.07, 6.45) is 0. The fraction of sp³-hybridized carbons (Fsp3) is 0.462. The number of benzene rings is 2. The quantitative estimate of drug-likeness (QED) is 0.364. The zero-order valence-corrected chi connectivity index (χ0v) is 23.4. The van der Waals surface area contributed by atoms with Gasteiger partial charge in [-0.1, -0.05) is 45.1 Å². The molecule has 0 saturated carbocycles. The molecule has 3 aromatic rings. The lowest BCUT2D eigenvalue weighted by Gasteiger charge is -2.25. The van der Waals surface area contributed by atoms with Gasteiger partial charge in [0.2, 0.25) is 10.0 Å². The Labute approximate surface area is 217 Å². The number of amides is 1. The molecular weight excluding hydrogens is 498 g/mol. The number of fused-ring (bicyclic) bond motifs is 1. The number of nitrogens with zero attached hydrogens (tertiary/aromatic N) is 3. The topological polar surface area (TPSA) is 90.2 Å². The highest BCUT2D eigenvalue weighted by molar-refractivity contribution is 7.89. The third-order valence-corrected chi connectivity index (χ3v) is 8.37. The highest BCUT2D eigenvalue weighted by atomic mass is 32.2. The zero-order valence-electron chi connectivity index (χ0n) is 21.7. The van der Waals surface area contributed by atoms with Gasteiger partial charge >= 0.3 is 0 Å². The molecule has 0 atom stereocenters. The van der Waals surface area contributed by atoms with Crippen molar-refractivity contribution in [1.82, 2.24) is 8.87 Å². The lowest BCUT2D eigenvalue weighted by atomic mass is 10.2. The molecule has 0 fully saturated rings. The van der Waals surface area contributed by atoms with E-state index in [-0.39, 0.29) is 16.7 Å². The van der Waals surface area contributed by atoms with Crippen LogP contribution in [0.5, 0.6) is 5.75 Å². The number of para-hydroxylation sites is 1. The van der Waals surface area contributed by atoms with Gasteiger partial charge in [-0.05, 0) is 48.2 Å². The number of sulfonamides is 1. The number of aromatic nitrogens is 1. The molecule has 0 aliphatic carbocycles. The number of hydrogen-bond acceptors (Lipinski definition) is 6. The largest absolute Gasteiger partial charge is 0.495 e. The Morgan fingerprint density at radius 2 is 1.67 bits per heavy atom. The van der Waals surface area contributed by atoms with Gasteiger partial charge in [0.05, 0.1) is 23.3 Å². The van der Waals surface area contributed by atoms with Crippen LogP contribution in [0.2, 0.25) is 0 Å². The maximum Gasteiger partial charge on any atom is 0.279 e. The summed E-state index contributed by atoms with van der Waals surface area (Å²) >= 11 is 1.39. The third kappa shape index (κ3) is 6.42. The molecule has 0 radical (unpaired) electrons. The molecule has 0 bridgehead atoms. The Hall–Kier alpha value is -2.53. The number of rotatable bonds is 11. The van der Waals surface area contributed by atoms with Crippen molar-refractivity contribution in [3.8, 4) is 5.75 Å². The summed E-state index contributed by atoms with van der Waals surface area (Å²) in [5, 5.41) is 0. The molecule has 10 heteroatoms. The summed E-state index contributed by atoms with van der Waals surface area (Å²) in [7, 11) is -0.449. The first kappa shape index (κ1) is 28.0. The Bertz CT molecular complexity index is 1350. The van der Waals surface area contributed by atoms with Crippen LogP contribution in [0, 0.1) is 11.8 Å². The first-order valence-corrected chi connectivity index (χ1v) is 14.2. The Morgan fingerprint density at radius 3 is 2.22 bits per heavy atom. The van der Waals surface area contributed by atoms with E-state index in [0.29, 0.717) is 42.4 Å². The van der Waals surface area contributed by atoms with Crippen LogP contribution < -0.4 is 9.54 Å². The molecule has 1 amide bonds. The fourth-order valence-corrected chi connectivity index (χ4v) is 6.73. The van der Waals surface area contributed by atoms with E-state index >= 15 is 0 Å². The maximum atomic E-state index is 13.3. The molecule has 2 aromatic carbocycles. The van der Waals surface area contributed by atoms with Crippen molar-refractivity contribution >= 4 is 37.5 Å². The smallest absolute Gasteiger partial charge is 0.279 e. The highest BCUT2D eigenvalue weighted by Gasteiger charge is 2.26. The number of thiazole rings is 1. The molecule has 3 rings (SSSR count). The van der Waals surface area contributed by atoms with E-state index in [1.165, 1.54) is 39.9 Å².